The number of nitro groups is 1. The maximum absolute atomic E-state index is 10.7. The molecule has 0 radical (unpaired) electrons. The van der Waals surface area contributed by atoms with Gasteiger partial charge in [-0.2, -0.15) is 0 Å². The Morgan fingerprint density at radius 1 is 1.03 bits per heavy atom. The molecule has 29 heavy (non-hydrogen) atoms. The number of ether oxygens (including phenoxy) is 1. The predicted molar refractivity (Wildman–Crippen MR) is 111 cm³/mol. The number of rotatable bonds is 5. The van der Waals surface area contributed by atoms with E-state index in [4.69, 9.17) is 10.5 Å². The van der Waals surface area contributed by atoms with E-state index < -0.39 is 4.92 Å². The quantitative estimate of drug-likeness (QED) is 0.381. The first kappa shape index (κ1) is 18.4. The van der Waals surface area contributed by atoms with Crippen LogP contribution in [-0.2, 0) is 0 Å². The van der Waals surface area contributed by atoms with E-state index in [-0.39, 0.29) is 11.7 Å². The Morgan fingerprint density at radius 2 is 1.66 bits per heavy atom. The lowest BCUT2D eigenvalue weighted by Gasteiger charge is -2.07. The second kappa shape index (κ2) is 7.23. The molecule has 0 aliphatic carbocycles. The van der Waals surface area contributed by atoms with Crippen molar-refractivity contribution >= 4 is 22.5 Å². The average molecular weight is 389 g/mol. The molecule has 4 aromatic rings. The smallest absolute Gasteiger partial charge is 0.269 e. The third-order valence-electron chi connectivity index (χ3n) is 4.64. The molecule has 4 rings (SSSR count). The molecule has 8 nitrogen and oxygen atoms in total. The summed E-state index contributed by atoms with van der Waals surface area (Å²) in [4.78, 5) is 18.8. The van der Waals surface area contributed by atoms with Crippen LogP contribution in [0.3, 0.4) is 0 Å². The number of aromatic nitrogens is 3. The van der Waals surface area contributed by atoms with E-state index in [1.807, 2.05) is 30.5 Å². The largest absolute Gasteiger partial charge is 0.457 e. The highest BCUT2D eigenvalue weighted by atomic mass is 16.6. The molecule has 0 aliphatic heterocycles. The number of nitrogens with zero attached hydrogens (tertiary/aromatic N) is 4. The summed E-state index contributed by atoms with van der Waals surface area (Å²) in [5.74, 6) is 1.59. The van der Waals surface area contributed by atoms with E-state index in [1.54, 1.807) is 12.1 Å². The van der Waals surface area contributed by atoms with Crippen LogP contribution in [0, 0.1) is 10.1 Å². The second-order valence-corrected chi connectivity index (χ2v) is 6.88. The summed E-state index contributed by atoms with van der Waals surface area (Å²) in [6.07, 6.45) is 3.51. The van der Waals surface area contributed by atoms with Crippen LogP contribution in [0.4, 0.5) is 11.5 Å². The van der Waals surface area contributed by atoms with E-state index in [0.717, 1.165) is 22.2 Å². The molecule has 0 saturated carbocycles. The Hall–Kier alpha value is -3.94. The number of hydrogen-bond acceptors (Lipinski definition) is 6. The second-order valence-electron chi connectivity index (χ2n) is 6.88. The number of hydrogen-bond donors (Lipinski definition) is 1. The van der Waals surface area contributed by atoms with Crippen molar-refractivity contribution in [2.24, 2.45) is 0 Å². The van der Waals surface area contributed by atoms with Crippen molar-refractivity contribution in [3.05, 3.63) is 71.2 Å². The highest BCUT2D eigenvalue weighted by molar-refractivity contribution is 6.00. The summed E-state index contributed by atoms with van der Waals surface area (Å²) in [6.45, 7) is 4.17. The standard InChI is InChI=1S/C21H19N5O3/c1-13(2)25-11-18(19-20(22)23-12-24-21(19)25)14-3-7-16(8-4-14)29-17-9-5-15(6-10-17)26(27)28/h3-13H,1-2H3,(H2,22,23,24). The summed E-state index contributed by atoms with van der Waals surface area (Å²) in [5.41, 5.74) is 8.88. The Morgan fingerprint density at radius 3 is 2.24 bits per heavy atom. The monoisotopic (exact) mass is 389 g/mol. The number of benzene rings is 2. The van der Waals surface area contributed by atoms with Crippen LogP contribution in [0.2, 0.25) is 0 Å². The van der Waals surface area contributed by atoms with Crippen molar-refractivity contribution in [3.63, 3.8) is 0 Å². The average Bonchev–Trinajstić information content (AvgIpc) is 3.10. The minimum absolute atomic E-state index is 0.0223. The lowest BCUT2D eigenvalue weighted by molar-refractivity contribution is -0.384. The molecule has 0 atom stereocenters. The minimum atomic E-state index is -0.443. The van der Waals surface area contributed by atoms with E-state index in [1.165, 1.54) is 18.5 Å². The van der Waals surface area contributed by atoms with Gasteiger partial charge in [-0.05, 0) is 43.7 Å². The first-order valence-corrected chi connectivity index (χ1v) is 9.08. The van der Waals surface area contributed by atoms with E-state index in [2.05, 4.69) is 28.4 Å². The fourth-order valence-electron chi connectivity index (χ4n) is 3.20. The van der Waals surface area contributed by atoms with Crippen LogP contribution in [0.1, 0.15) is 19.9 Å². The molecule has 0 amide bonds. The van der Waals surface area contributed by atoms with Crippen molar-refractivity contribution in [2.75, 3.05) is 5.73 Å². The third kappa shape index (κ3) is 3.47. The van der Waals surface area contributed by atoms with E-state index >= 15 is 0 Å². The maximum Gasteiger partial charge on any atom is 0.269 e. The summed E-state index contributed by atoms with van der Waals surface area (Å²) in [7, 11) is 0. The molecule has 2 aromatic carbocycles. The number of fused-ring (bicyclic) bond motifs is 1. The molecular weight excluding hydrogens is 370 g/mol. The molecule has 2 aromatic heterocycles. The fourth-order valence-corrected chi connectivity index (χ4v) is 3.20. The van der Waals surface area contributed by atoms with Gasteiger partial charge in [0.1, 0.15) is 29.3 Å². The van der Waals surface area contributed by atoms with Gasteiger partial charge in [-0.3, -0.25) is 10.1 Å². The van der Waals surface area contributed by atoms with Gasteiger partial charge in [-0.15, -0.1) is 0 Å². The zero-order valence-corrected chi connectivity index (χ0v) is 15.9. The van der Waals surface area contributed by atoms with Gasteiger partial charge in [-0.25, -0.2) is 9.97 Å². The summed E-state index contributed by atoms with van der Waals surface area (Å²) >= 11 is 0. The van der Waals surface area contributed by atoms with Gasteiger partial charge >= 0.3 is 0 Å². The number of non-ortho nitro benzene ring substituents is 1. The van der Waals surface area contributed by atoms with Crippen molar-refractivity contribution in [3.8, 4) is 22.6 Å². The van der Waals surface area contributed by atoms with Gasteiger partial charge in [0, 0.05) is 29.9 Å². The summed E-state index contributed by atoms with van der Waals surface area (Å²) in [6, 6.07) is 13.7. The Bertz CT molecular complexity index is 1180. The summed E-state index contributed by atoms with van der Waals surface area (Å²) < 4.78 is 7.85. The maximum atomic E-state index is 10.7. The normalized spacial score (nSPS) is 11.1. The highest BCUT2D eigenvalue weighted by Crippen LogP contribution is 2.35. The fraction of sp³-hybridized carbons (Fsp3) is 0.143. The minimum Gasteiger partial charge on any atom is -0.457 e. The molecular formula is C21H19N5O3. The van der Waals surface area contributed by atoms with Crippen LogP contribution in [-0.4, -0.2) is 19.5 Å². The lowest BCUT2D eigenvalue weighted by atomic mass is 10.1. The summed E-state index contributed by atoms with van der Waals surface area (Å²) in [5, 5.41) is 11.6. The van der Waals surface area contributed by atoms with Gasteiger partial charge in [0.15, 0.2) is 0 Å². The Balaban J connectivity index is 1.65. The number of nitrogen functional groups attached to an aromatic ring is 1. The highest BCUT2D eigenvalue weighted by Gasteiger charge is 2.16. The lowest BCUT2D eigenvalue weighted by Crippen LogP contribution is -2.00. The van der Waals surface area contributed by atoms with E-state index in [0.29, 0.717) is 17.3 Å². The van der Waals surface area contributed by atoms with E-state index in [9.17, 15) is 10.1 Å². The van der Waals surface area contributed by atoms with Gasteiger partial charge in [-0.1, -0.05) is 12.1 Å². The molecule has 0 spiro atoms. The van der Waals surface area contributed by atoms with Gasteiger partial charge < -0.3 is 15.0 Å². The van der Waals surface area contributed by atoms with Crippen molar-refractivity contribution in [1.82, 2.24) is 14.5 Å². The molecule has 2 N–H and O–H groups in total. The van der Waals surface area contributed by atoms with Crippen LogP contribution in [0.25, 0.3) is 22.2 Å². The third-order valence-corrected chi connectivity index (χ3v) is 4.64. The van der Waals surface area contributed by atoms with Crippen LogP contribution in [0.15, 0.2) is 61.1 Å². The SMILES string of the molecule is CC(C)n1cc(-c2ccc(Oc3ccc([N+](=O)[O-])cc3)cc2)c2c(N)ncnc21. The topological polar surface area (TPSA) is 109 Å². The molecule has 2 heterocycles. The Kier molecular flexibility index (Phi) is 4.59. The van der Waals surface area contributed by atoms with Crippen molar-refractivity contribution in [2.45, 2.75) is 19.9 Å². The van der Waals surface area contributed by atoms with Crippen LogP contribution >= 0.6 is 0 Å². The molecule has 146 valence electrons. The number of anilines is 1. The molecule has 0 fully saturated rings. The molecule has 0 saturated heterocycles. The first-order chi connectivity index (χ1) is 13.9. The number of nitro benzene ring substituents is 1. The molecule has 0 aliphatic rings. The zero-order valence-electron chi connectivity index (χ0n) is 15.9. The van der Waals surface area contributed by atoms with Gasteiger partial charge in [0.25, 0.3) is 5.69 Å². The Labute approximate surface area is 166 Å². The molecule has 8 heteroatoms. The number of nitrogens with two attached hydrogens (primary N) is 1. The van der Waals surface area contributed by atoms with Gasteiger partial charge in [0.05, 0.1) is 10.3 Å². The first-order valence-electron chi connectivity index (χ1n) is 9.08. The zero-order chi connectivity index (χ0) is 20.5. The van der Waals surface area contributed by atoms with Crippen molar-refractivity contribution < 1.29 is 9.66 Å². The van der Waals surface area contributed by atoms with Crippen molar-refractivity contribution in [1.29, 1.82) is 0 Å². The predicted octanol–water partition coefficient (Wildman–Crippen LogP) is 4.96. The van der Waals surface area contributed by atoms with Crippen LogP contribution < -0.4 is 10.5 Å². The van der Waals surface area contributed by atoms with Gasteiger partial charge in [0.2, 0.25) is 0 Å². The van der Waals surface area contributed by atoms with Crippen LogP contribution in [0.5, 0.6) is 11.5 Å². The molecule has 0 bridgehead atoms. The molecule has 0 unspecified atom stereocenters.